The smallest absolute Gasteiger partial charge is 0.335 e. The first-order valence-corrected chi connectivity index (χ1v) is 8.56. The fourth-order valence-corrected chi connectivity index (χ4v) is 2.43. The molecule has 1 aromatic heterocycles. The molecule has 0 unspecified atom stereocenters. The van der Waals surface area contributed by atoms with E-state index in [0.717, 1.165) is 5.56 Å². The number of benzene rings is 2. The summed E-state index contributed by atoms with van der Waals surface area (Å²) in [7, 11) is 0. The van der Waals surface area contributed by atoms with Crippen LogP contribution in [0, 0.1) is 5.82 Å². The van der Waals surface area contributed by atoms with Gasteiger partial charge in [0, 0.05) is 12.3 Å². The third-order valence-electron chi connectivity index (χ3n) is 3.92. The van der Waals surface area contributed by atoms with E-state index in [2.05, 4.69) is 10.1 Å². The third-order valence-corrected chi connectivity index (χ3v) is 3.92. The average molecular weight is 396 g/mol. The highest BCUT2D eigenvalue weighted by Gasteiger charge is 2.11. The van der Waals surface area contributed by atoms with E-state index in [-0.39, 0.29) is 36.0 Å². The molecule has 7 nitrogen and oxygen atoms in total. The molecular weight excluding hydrogens is 379 g/mol. The Kier molecular flexibility index (Phi) is 6.36. The monoisotopic (exact) mass is 396 g/mol. The fraction of sp³-hybridized carbons (Fsp3) is 0.0952. The molecule has 0 spiro atoms. The summed E-state index contributed by atoms with van der Waals surface area (Å²) in [5, 5.41) is 21.4. The second kappa shape index (κ2) is 9.32. The molecule has 0 atom stereocenters. The Morgan fingerprint density at radius 2 is 1.76 bits per heavy atom. The van der Waals surface area contributed by atoms with Gasteiger partial charge in [-0.1, -0.05) is 23.4 Å². The predicted octanol–water partition coefficient (Wildman–Crippen LogP) is 3.76. The summed E-state index contributed by atoms with van der Waals surface area (Å²) in [6, 6.07) is 15.5. The molecule has 0 amide bonds. The average Bonchev–Trinajstić information content (AvgIpc) is 2.74. The minimum Gasteiger partial charge on any atom is -0.489 e. The lowest BCUT2D eigenvalue weighted by atomic mass is 10.2. The van der Waals surface area contributed by atoms with E-state index in [9.17, 15) is 14.4 Å². The van der Waals surface area contributed by atoms with Gasteiger partial charge in [-0.25, -0.2) is 9.18 Å². The van der Waals surface area contributed by atoms with Crippen LogP contribution < -0.4 is 9.47 Å². The van der Waals surface area contributed by atoms with Crippen molar-refractivity contribution in [3.05, 3.63) is 89.5 Å². The Morgan fingerprint density at radius 1 is 1.03 bits per heavy atom. The number of hydrogen-bond acceptors (Lipinski definition) is 6. The van der Waals surface area contributed by atoms with Crippen LogP contribution in [0.15, 0.2) is 72.0 Å². The summed E-state index contributed by atoms with van der Waals surface area (Å²) in [4.78, 5) is 15.1. The highest BCUT2D eigenvalue weighted by molar-refractivity contribution is 6.01. The Balaban J connectivity index is 1.62. The zero-order valence-electron chi connectivity index (χ0n) is 15.2. The highest BCUT2D eigenvalue weighted by atomic mass is 19.1. The molecule has 0 aliphatic rings. The summed E-state index contributed by atoms with van der Waals surface area (Å²) >= 11 is 0. The standard InChI is InChI=1S/C21H17FN2O5/c22-16-6-4-14(5-7-16)12-28-17-2-1-3-18(11-17)29-13-20(24-27)19-10-15(21(25)26)8-9-23-19/h1-11,27H,12-13H2,(H,25,26)/b24-20+. The van der Waals surface area contributed by atoms with Gasteiger partial charge in [-0.15, -0.1) is 0 Å². The van der Waals surface area contributed by atoms with E-state index in [1.807, 2.05) is 0 Å². The van der Waals surface area contributed by atoms with E-state index in [1.165, 1.54) is 30.5 Å². The predicted molar refractivity (Wildman–Crippen MR) is 102 cm³/mol. The molecule has 29 heavy (non-hydrogen) atoms. The van der Waals surface area contributed by atoms with Crippen molar-refractivity contribution in [2.24, 2.45) is 5.16 Å². The Hall–Kier alpha value is -3.94. The minimum absolute atomic E-state index is 0.0207. The number of carbonyl (C=O) groups is 1. The van der Waals surface area contributed by atoms with Crippen LogP contribution in [0.5, 0.6) is 11.5 Å². The molecule has 0 fully saturated rings. The van der Waals surface area contributed by atoms with Crippen molar-refractivity contribution >= 4 is 11.7 Å². The van der Waals surface area contributed by atoms with Crippen molar-refractivity contribution in [2.75, 3.05) is 6.61 Å². The maximum absolute atomic E-state index is 12.9. The Morgan fingerprint density at radius 3 is 2.45 bits per heavy atom. The molecule has 0 aliphatic heterocycles. The van der Waals surface area contributed by atoms with Crippen molar-refractivity contribution in [3.63, 3.8) is 0 Å². The lowest BCUT2D eigenvalue weighted by Gasteiger charge is -2.10. The van der Waals surface area contributed by atoms with Crippen LogP contribution in [0.25, 0.3) is 0 Å². The maximum Gasteiger partial charge on any atom is 0.335 e. The largest absolute Gasteiger partial charge is 0.489 e. The number of ether oxygens (including phenoxy) is 2. The molecule has 3 aromatic rings. The molecule has 0 saturated heterocycles. The van der Waals surface area contributed by atoms with Gasteiger partial charge < -0.3 is 19.8 Å². The number of carboxylic acids is 1. The van der Waals surface area contributed by atoms with Crippen LogP contribution in [-0.2, 0) is 6.61 Å². The van der Waals surface area contributed by atoms with E-state index in [0.29, 0.717) is 11.5 Å². The zero-order valence-corrected chi connectivity index (χ0v) is 15.2. The summed E-state index contributed by atoms with van der Waals surface area (Å²) in [5.41, 5.74) is 1.10. The van der Waals surface area contributed by atoms with Crippen LogP contribution in [0.4, 0.5) is 4.39 Å². The van der Waals surface area contributed by atoms with Gasteiger partial charge in [0.2, 0.25) is 0 Å². The molecule has 0 saturated carbocycles. The second-order valence-electron chi connectivity index (χ2n) is 5.96. The van der Waals surface area contributed by atoms with E-state index in [4.69, 9.17) is 14.6 Å². The normalized spacial score (nSPS) is 11.1. The van der Waals surface area contributed by atoms with Gasteiger partial charge in [0.1, 0.15) is 36.2 Å². The second-order valence-corrected chi connectivity index (χ2v) is 5.96. The first-order chi connectivity index (χ1) is 14.0. The first-order valence-electron chi connectivity index (χ1n) is 8.56. The van der Waals surface area contributed by atoms with E-state index in [1.54, 1.807) is 36.4 Å². The van der Waals surface area contributed by atoms with Crippen LogP contribution in [0.2, 0.25) is 0 Å². The number of aromatic nitrogens is 1. The summed E-state index contributed by atoms with van der Waals surface area (Å²) in [6.45, 7) is 0.132. The molecule has 0 radical (unpaired) electrons. The van der Waals surface area contributed by atoms with Gasteiger partial charge in [0.25, 0.3) is 0 Å². The number of rotatable bonds is 8. The van der Waals surface area contributed by atoms with Crippen LogP contribution in [-0.4, -0.2) is 33.6 Å². The molecule has 2 N–H and O–H groups in total. The molecular formula is C21H17FN2O5. The number of halogens is 1. The maximum atomic E-state index is 12.9. The van der Waals surface area contributed by atoms with Crippen molar-refractivity contribution < 1.29 is 29.0 Å². The van der Waals surface area contributed by atoms with Crippen molar-refractivity contribution in [1.29, 1.82) is 0 Å². The van der Waals surface area contributed by atoms with Crippen LogP contribution >= 0.6 is 0 Å². The van der Waals surface area contributed by atoms with Gasteiger partial charge in [-0.05, 0) is 42.0 Å². The van der Waals surface area contributed by atoms with Crippen LogP contribution in [0.3, 0.4) is 0 Å². The van der Waals surface area contributed by atoms with Gasteiger partial charge in [0.05, 0.1) is 11.3 Å². The number of carboxylic acid groups (broad SMARTS) is 1. The topological polar surface area (TPSA) is 101 Å². The number of hydrogen-bond donors (Lipinski definition) is 2. The fourth-order valence-electron chi connectivity index (χ4n) is 2.43. The third kappa shape index (κ3) is 5.52. The molecule has 0 aliphatic carbocycles. The molecule has 148 valence electrons. The van der Waals surface area contributed by atoms with E-state index >= 15 is 0 Å². The summed E-state index contributed by atoms with van der Waals surface area (Å²) < 4.78 is 24.2. The first kappa shape index (κ1) is 19.8. The number of pyridine rings is 1. The quantitative estimate of drug-likeness (QED) is 0.342. The van der Waals surface area contributed by atoms with Crippen molar-refractivity contribution in [3.8, 4) is 11.5 Å². The van der Waals surface area contributed by atoms with Gasteiger partial charge in [0.15, 0.2) is 0 Å². The van der Waals surface area contributed by atoms with Gasteiger partial charge in [-0.3, -0.25) is 4.98 Å². The van der Waals surface area contributed by atoms with Crippen LogP contribution in [0.1, 0.15) is 21.6 Å². The van der Waals surface area contributed by atoms with Gasteiger partial charge in [-0.2, -0.15) is 0 Å². The van der Waals surface area contributed by atoms with E-state index < -0.39 is 5.97 Å². The zero-order chi connectivity index (χ0) is 20.6. The molecule has 0 bridgehead atoms. The van der Waals surface area contributed by atoms with Crippen molar-refractivity contribution in [1.82, 2.24) is 4.98 Å². The lowest BCUT2D eigenvalue weighted by Crippen LogP contribution is -2.15. The van der Waals surface area contributed by atoms with Crippen molar-refractivity contribution in [2.45, 2.75) is 6.61 Å². The SMILES string of the molecule is O=C(O)c1ccnc(/C(COc2cccc(OCc3ccc(F)cc3)c2)=N/O)c1. The number of oxime groups is 1. The molecule has 2 aromatic carbocycles. The van der Waals surface area contributed by atoms with Gasteiger partial charge >= 0.3 is 5.97 Å². The minimum atomic E-state index is -1.11. The summed E-state index contributed by atoms with van der Waals surface area (Å²) in [5.74, 6) is -0.427. The Labute approximate surface area is 165 Å². The molecule has 1 heterocycles. The summed E-state index contributed by atoms with van der Waals surface area (Å²) in [6.07, 6.45) is 1.31. The Bertz CT molecular complexity index is 1020. The number of nitrogens with zero attached hydrogens (tertiary/aromatic N) is 2. The molecule has 8 heteroatoms. The lowest BCUT2D eigenvalue weighted by molar-refractivity contribution is 0.0696. The highest BCUT2D eigenvalue weighted by Crippen LogP contribution is 2.21. The number of aromatic carboxylic acids is 1. The molecule has 3 rings (SSSR count).